The van der Waals surface area contributed by atoms with E-state index in [9.17, 15) is 0 Å². The van der Waals surface area contributed by atoms with E-state index in [4.69, 9.17) is 31.5 Å². The van der Waals surface area contributed by atoms with E-state index in [2.05, 4.69) is 229 Å². The fourth-order valence-corrected chi connectivity index (χ4v) is 14.4. The zero-order chi connectivity index (χ0) is 52.6. The van der Waals surface area contributed by atoms with E-state index in [0.29, 0.717) is 12.4 Å². The van der Waals surface area contributed by atoms with Crippen LogP contribution in [-0.4, -0.2) is 24.5 Å². The van der Waals surface area contributed by atoms with E-state index < -0.39 is 0 Å². The normalized spacial score (nSPS) is 12.1. The molecule has 0 N–H and O–H groups in total. The van der Waals surface area contributed by atoms with Crippen molar-refractivity contribution in [1.82, 2.24) is 24.5 Å². The molecule has 13 aromatic carbocycles. The first-order valence-electron chi connectivity index (χ1n) is 27.0. The van der Waals surface area contributed by atoms with Gasteiger partial charge in [-0.15, -0.1) is 11.3 Å². The highest BCUT2D eigenvalue weighted by molar-refractivity contribution is 7.26. The van der Waals surface area contributed by atoms with Crippen LogP contribution in [0.1, 0.15) is 11.1 Å². The molecular weight excluding hydrogens is 1010 g/mol. The molecule has 0 saturated heterocycles. The Morgan fingerprint density at radius 3 is 1.65 bits per heavy atom. The minimum atomic E-state index is 0.229. The van der Waals surface area contributed by atoms with Gasteiger partial charge in [0.2, 0.25) is 11.2 Å². The van der Waals surface area contributed by atoms with Crippen LogP contribution >= 0.6 is 22.9 Å². The van der Waals surface area contributed by atoms with E-state index >= 15 is 0 Å². The number of hydrogen-bond donors (Lipinski definition) is 0. The maximum absolute atomic E-state index is 6.74. The smallest absolute Gasteiger partial charge is 0.235 e. The third kappa shape index (κ3) is 6.83. The third-order valence-corrected chi connectivity index (χ3v) is 17.9. The first kappa shape index (κ1) is 45.2. The molecule has 0 amide bonds. The number of thiophene rings is 1. The Balaban J connectivity index is 0.975. The summed E-state index contributed by atoms with van der Waals surface area (Å²) in [6.45, 7) is 0. The largest absolute Gasteiger partial charge is 0.277 e. The molecule has 0 bridgehead atoms. The van der Waals surface area contributed by atoms with Crippen LogP contribution in [0.3, 0.4) is 0 Å². The van der Waals surface area contributed by atoms with Crippen LogP contribution in [-0.2, 0) is 6.42 Å². The van der Waals surface area contributed by atoms with Gasteiger partial charge in [0, 0.05) is 80.1 Å². The van der Waals surface area contributed by atoms with Crippen molar-refractivity contribution in [3.05, 3.63) is 259 Å². The first-order chi connectivity index (χ1) is 39.6. The van der Waals surface area contributed by atoms with Crippen molar-refractivity contribution in [3.63, 3.8) is 0 Å². The second kappa shape index (κ2) is 17.6. The van der Waals surface area contributed by atoms with Crippen LogP contribution in [0.25, 0.3) is 157 Å². The molecule has 17 rings (SSSR count). The van der Waals surface area contributed by atoms with Crippen molar-refractivity contribution in [3.8, 4) is 39.6 Å². The number of para-hydroxylation sites is 1. The van der Waals surface area contributed by atoms with Crippen LogP contribution < -0.4 is 0 Å². The summed E-state index contributed by atoms with van der Waals surface area (Å²) in [5, 5.41) is 18.6. The van der Waals surface area contributed by atoms with Crippen molar-refractivity contribution in [1.29, 1.82) is 0 Å². The zero-order valence-electron chi connectivity index (χ0n) is 42.8. The average molecular weight is 1060 g/mol. The highest BCUT2D eigenvalue weighted by Gasteiger charge is 2.26. The molecule has 7 heteroatoms. The minimum Gasteiger partial charge on any atom is -0.277 e. The van der Waals surface area contributed by atoms with Gasteiger partial charge in [-0.05, 0) is 97.2 Å². The standard InChI is InChI=1S/C73H42ClN5S/c74-72-75-65(47-17-3-1-4-18-47)58-37-33-46-31-29-42(40-60(46)68(58)76-72)39-43-30-35-52-51-23-11-12-24-53(51)64-56-27-13-25-54(55-26-14-28-57-63-49-21-9-7-15-44(49)34-38-62(63)80-71(55)57)69(56)79(70(64)61(52)41-43)73-77-66(48-19-5-2-6-20-48)59-36-32-45-16-8-10-22-50(45)67(59)78-73/h1-38,40-41H,39H2. The fraction of sp³-hybridized carbons (Fsp3) is 0.0137. The highest BCUT2D eigenvalue weighted by Crippen LogP contribution is 2.49. The molecule has 0 aliphatic rings. The highest BCUT2D eigenvalue weighted by atomic mass is 35.5. The molecule has 5 nitrogen and oxygen atoms in total. The maximum Gasteiger partial charge on any atom is 0.235 e. The summed E-state index contributed by atoms with van der Waals surface area (Å²) in [6, 6.07) is 87.8. The second-order valence-electron chi connectivity index (χ2n) is 21.0. The van der Waals surface area contributed by atoms with Crippen LogP contribution in [0.5, 0.6) is 0 Å². The molecule has 0 radical (unpaired) electrons. The van der Waals surface area contributed by atoms with Crippen molar-refractivity contribution in [2.24, 2.45) is 0 Å². The fourth-order valence-electron chi connectivity index (χ4n) is 13.0. The lowest BCUT2D eigenvalue weighted by molar-refractivity contribution is 1.02. The monoisotopic (exact) mass is 1060 g/mol. The van der Waals surface area contributed by atoms with Crippen molar-refractivity contribution in [2.45, 2.75) is 6.42 Å². The summed E-state index contributed by atoms with van der Waals surface area (Å²) in [4.78, 5) is 21.2. The lowest BCUT2D eigenvalue weighted by Crippen LogP contribution is -2.05. The molecule has 17 aromatic rings. The quantitative estimate of drug-likeness (QED) is 0.123. The predicted molar refractivity (Wildman–Crippen MR) is 338 cm³/mol. The third-order valence-electron chi connectivity index (χ3n) is 16.5. The Morgan fingerprint density at radius 1 is 0.350 bits per heavy atom. The zero-order valence-corrected chi connectivity index (χ0v) is 44.4. The molecule has 0 aliphatic heterocycles. The van der Waals surface area contributed by atoms with Crippen LogP contribution in [0.2, 0.25) is 5.28 Å². The molecule has 0 fully saturated rings. The van der Waals surface area contributed by atoms with Gasteiger partial charge in [-0.2, -0.15) is 0 Å². The molecule has 4 heterocycles. The van der Waals surface area contributed by atoms with Crippen molar-refractivity contribution >= 4 is 141 Å². The molecule has 0 spiro atoms. The number of halogens is 1. The summed E-state index contributed by atoms with van der Waals surface area (Å²) in [7, 11) is 0. The number of benzene rings is 13. The maximum atomic E-state index is 6.74. The number of nitrogens with zero attached hydrogens (tertiary/aromatic N) is 5. The number of hydrogen-bond acceptors (Lipinski definition) is 5. The molecular formula is C73H42ClN5S. The van der Waals surface area contributed by atoms with E-state index in [1.165, 1.54) is 69.2 Å². The molecule has 80 heavy (non-hydrogen) atoms. The Hall–Kier alpha value is -9.85. The molecule has 372 valence electrons. The van der Waals surface area contributed by atoms with E-state index in [0.717, 1.165) is 93.2 Å². The van der Waals surface area contributed by atoms with E-state index in [-0.39, 0.29) is 5.28 Å². The van der Waals surface area contributed by atoms with E-state index in [1.807, 2.05) is 29.5 Å². The average Bonchev–Trinajstić information content (AvgIpc) is 4.24. The van der Waals surface area contributed by atoms with Gasteiger partial charge in [0.05, 0.1) is 33.5 Å². The lowest BCUT2D eigenvalue weighted by Gasteiger charge is -2.16. The van der Waals surface area contributed by atoms with Crippen molar-refractivity contribution in [2.75, 3.05) is 0 Å². The van der Waals surface area contributed by atoms with Gasteiger partial charge in [-0.3, -0.25) is 4.57 Å². The molecule has 0 aliphatic carbocycles. The van der Waals surface area contributed by atoms with Crippen molar-refractivity contribution < 1.29 is 0 Å². The summed E-state index contributed by atoms with van der Waals surface area (Å²) < 4.78 is 4.95. The summed E-state index contributed by atoms with van der Waals surface area (Å²) in [5.74, 6) is 0.619. The molecule has 0 saturated carbocycles. The summed E-state index contributed by atoms with van der Waals surface area (Å²) in [5.41, 5.74) is 12.3. The number of aromatic nitrogens is 5. The minimum absolute atomic E-state index is 0.229. The Labute approximate surface area is 467 Å². The summed E-state index contributed by atoms with van der Waals surface area (Å²) >= 11 is 8.62. The van der Waals surface area contributed by atoms with Gasteiger partial charge >= 0.3 is 0 Å². The van der Waals surface area contributed by atoms with Gasteiger partial charge in [-0.25, -0.2) is 19.9 Å². The predicted octanol–water partition coefficient (Wildman–Crippen LogP) is 20.0. The molecule has 4 aromatic heterocycles. The summed E-state index contributed by atoms with van der Waals surface area (Å²) in [6.07, 6.45) is 0.686. The Bertz CT molecular complexity index is 5480. The van der Waals surface area contributed by atoms with Gasteiger partial charge < -0.3 is 0 Å². The van der Waals surface area contributed by atoms with Gasteiger partial charge in [-0.1, -0.05) is 212 Å². The van der Waals surface area contributed by atoms with Crippen LogP contribution in [0.15, 0.2) is 243 Å². The van der Waals surface area contributed by atoms with Gasteiger partial charge in [0.25, 0.3) is 0 Å². The van der Waals surface area contributed by atoms with E-state index in [1.54, 1.807) is 0 Å². The first-order valence-corrected chi connectivity index (χ1v) is 28.2. The lowest BCUT2D eigenvalue weighted by atomic mass is 9.93. The SMILES string of the molecule is Clc1nc(-c2ccccc2)c2ccc3ccc(Cc4ccc5c6ccccc6c6c7cccc(-c8cccc9c8sc8ccc%10ccccc%10c89)c7n(-c7nc(-c8ccccc8)c8ccc9ccccc9c8n7)c6c5c4)cc3c2n1. The Kier molecular flexibility index (Phi) is 9.93. The molecule has 0 atom stereocenters. The topological polar surface area (TPSA) is 56.5 Å². The number of rotatable bonds is 6. The number of fused-ring (bicyclic) bond motifs is 19. The van der Waals surface area contributed by atoms with Gasteiger partial charge in [0.15, 0.2) is 0 Å². The van der Waals surface area contributed by atoms with Crippen LogP contribution in [0, 0.1) is 0 Å². The van der Waals surface area contributed by atoms with Gasteiger partial charge in [0.1, 0.15) is 0 Å². The second-order valence-corrected chi connectivity index (χ2v) is 22.3. The molecule has 0 unspecified atom stereocenters. The van der Waals surface area contributed by atoms with Crippen LogP contribution in [0.4, 0.5) is 0 Å². The Morgan fingerprint density at radius 2 is 0.887 bits per heavy atom.